The van der Waals surface area contributed by atoms with E-state index in [4.69, 9.17) is 9.47 Å². The molecule has 1 fully saturated rings. The molecule has 2 aromatic rings. The van der Waals surface area contributed by atoms with Crippen molar-refractivity contribution in [1.82, 2.24) is 14.7 Å². The Bertz CT molecular complexity index is 739. The summed E-state index contributed by atoms with van der Waals surface area (Å²) in [7, 11) is 0. The van der Waals surface area contributed by atoms with Crippen molar-refractivity contribution in [2.45, 2.75) is 45.1 Å². The number of likely N-dealkylation sites (tertiary alicyclic amines) is 1. The Morgan fingerprint density at radius 2 is 2.00 bits per heavy atom. The lowest BCUT2D eigenvalue weighted by Crippen LogP contribution is -2.36. The Kier molecular flexibility index (Phi) is 5.18. The average Bonchev–Trinajstić information content (AvgIpc) is 3.14. The summed E-state index contributed by atoms with van der Waals surface area (Å²) >= 11 is 0. The van der Waals surface area contributed by atoms with Crippen LogP contribution < -0.4 is 4.74 Å². The van der Waals surface area contributed by atoms with Crippen molar-refractivity contribution < 1.29 is 19.4 Å². The zero-order chi connectivity index (χ0) is 18.7. The SMILES string of the molecule is CC(C)(C)OC(=O)N1C[C@@H](O)[C@H](Oc2cnn(Cc3ccccc3)c2)C1. The average molecular weight is 359 g/mol. The molecule has 7 nitrogen and oxygen atoms in total. The molecule has 0 aliphatic carbocycles. The minimum absolute atomic E-state index is 0.192. The van der Waals surface area contributed by atoms with Crippen LogP contribution in [0.4, 0.5) is 4.79 Å². The summed E-state index contributed by atoms with van der Waals surface area (Å²) in [5.41, 5.74) is 0.568. The molecule has 0 saturated carbocycles. The molecule has 1 aromatic carbocycles. The quantitative estimate of drug-likeness (QED) is 0.906. The van der Waals surface area contributed by atoms with Crippen molar-refractivity contribution in [3.05, 3.63) is 48.3 Å². The predicted molar refractivity (Wildman–Crippen MR) is 96.0 cm³/mol. The number of nitrogens with zero attached hydrogens (tertiary/aromatic N) is 3. The van der Waals surface area contributed by atoms with Crippen molar-refractivity contribution in [2.24, 2.45) is 0 Å². The van der Waals surface area contributed by atoms with Gasteiger partial charge in [-0.2, -0.15) is 5.10 Å². The number of amides is 1. The van der Waals surface area contributed by atoms with E-state index >= 15 is 0 Å². The van der Waals surface area contributed by atoms with E-state index in [-0.39, 0.29) is 13.1 Å². The van der Waals surface area contributed by atoms with E-state index in [0.717, 1.165) is 5.56 Å². The normalized spacial score (nSPS) is 20.2. The van der Waals surface area contributed by atoms with Gasteiger partial charge >= 0.3 is 6.09 Å². The monoisotopic (exact) mass is 359 g/mol. The molecule has 0 bridgehead atoms. The zero-order valence-corrected chi connectivity index (χ0v) is 15.3. The van der Waals surface area contributed by atoms with Gasteiger partial charge in [-0.1, -0.05) is 30.3 Å². The first kappa shape index (κ1) is 18.3. The molecule has 1 aliphatic heterocycles. The van der Waals surface area contributed by atoms with E-state index in [0.29, 0.717) is 12.3 Å². The first-order valence-electron chi connectivity index (χ1n) is 8.69. The van der Waals surface area contributed by atoms with Crippen molar-refractivity contribution >= 4 is 6.09 Å². The topological polar surface area (TPSA) is 76.8 Å². The van der Waals surface area contributed by atoms with E-state index < -0.39 is 23.9 Å². The summed E-state index contributed by atoms with van der Waals surface area (Å²) in [6, 6.07) is 10.00. The van der Waals surface area contributed by atoms with Gasteiger partial charge in [-0.15, -0.1) is 0 Å². The second kappa shape index (κ2) is 7.37. The lowest BCUT2D eigenvalue weighted by molar-refractivity contribution is 0.0268. The van der Waals surface area contributed by atoms with Crippen LogP contribution >= 0.6 is 0 Å². The molecule has 0 unspecified atom stereocenters. The molecule has 3 rings (SSSR count). The number of carbonyl (C=O) groups is 1. The second-order valence-corrected chi connectivity index (χ2v) is 7.47. The third-order valence-corrected chi connectivity index (χ3v) is 3.97. The maximum Gasteiger partial charge on any atom is 0.410 e. The standard InChI is InChI=1S/C19H25N3O4/c1-19(2,3)26-18(24)21-12-16(23)17(13-21)25-15-9-20-22(11-15)10-14-7-5-4-6-8-14/h4-9,11,16-17,23H,10,12-13H2,1-3H3/t16-,17-/m1/s1. The van der Waals surface area contributed by atoms with Crippen LogP contribution in [0.5, 0.6) is 5.75 Å². The third kappa shape index (κ3) is 4.76. The van der Waals surface area contributed by atoms with Crippen molar-refractivity contribution in [2.75, 3.05) is 13.1 Å². The van der Waals surface area contributed by atoms with E-state index in [1.54, 1.807) is 17.1 Å². The molecule has 26 heavy (non-hydrogen) atoms. The van der Waals surface area contributed by atoms with Crippen LogP contribution in [0.25, 0.3) is 0 Å². The molecule has 1 N–H and O–H groups in total. The number of aromatic nitrogens is 2. The van der Waals surface area contributed by atoms with Crippen LogP contribution in [-0.4, -0.2) is 56.8 Å². The molecule has 0 radical (unpaired) electrons. The second-order valence-electron chi connectivity index (χ2n) is 7.47. The summed E-state index contributed by atoms with van der Waals surface area (Å²) in [4.78, 5) is 13.6. The molecule has 1 saturated heterocycles. The van der Waals surface area contributed by atoms with E-state index in [1.165, 1.54) is 4.90 Å². The number of benzene rings is 1. The number of ether oxygens (including phenoxy) is 2. The summed E-state index contributed by atoms with van der Waals surface area (Å²) in [6.45, 7) is 6.55. The maximum atomic E-state index is 12.1. The van der Waals surface area contributed by atoms with E-state index in [1.807, 2.05) is 51.1 Å². The molecule has 1 amide bonds. The minimum atomic E-state index is -0.764. The van der Waals surface area contributed by atoms with Crippen LogP contribution in [0, 0.1) is 0 Å². The fourth-order valence-corrected chi connectivity index (χ4v) is 2.79. The summed E-state index contributed by atoms with van der Waals surface area (Å²) in [5.74, 6) is 0.566. The lowest BCUT2D eigenvalue weighted by Gasteiger charge is -2.24. The zero-order valence-electron chi connectivity index (χ0n) is 15.3. The van der Waals surface area contributed by atoms with Gasteiger partial charge in [0, 0.05) is 0 Å². The third-order valence-electron chi connectivity index (χ3n) is 3.97. The van der Waals surface area contributed by atoms with Crippen LogP contribution in [0.3, 0.4) is 0 Å². The smallest absolute Gasteiger partial charge is 0.410 e. The van der Waals surface area contributed by atoms with Crippen LogP contribution in [0.2, 0.25) is 0 Å². The Balaban J connectivity index is 1.57. The summed E-state index contributed by atoms with van der Waals surface area (Å²) in [6.07, 6.45) is 1.70. The highest BCUT2D eigenvalue weighted by atomic mass is 16.6. The number of carbonyl (C=O) groups excluding carboxylic acids is 1. The van der Waals surface area contributed by atoms with Gasteiger partial charge in [0.05, 0.1) is 32.0 Å². The molecular formula is C19H25N3O4. The van der Waals surface area contributed by atoms with Crippen molar-refractivity contribution in [3.63, 3.8) is 0 Å². The number of aliphatic hydroxyl groups excluding tert-OH is 1. The number of hydrogen-bond donors (Lipinski definition) is 1. The molecule has 2 atom stereocenters. The van der Waals surface area contributed by atoms with Crippen molar-refractivity contribution in [3.8, 4) is 5.75 Å². The van der Waals surface area contributed by atoms with E-state index in [2.05, 4.69) is 5.10 Å². The van der Waals surface area contributed by atoms with Crippen LogP contribution in [-0.2, 0) is 11.3 Å². The lowest BCUT2D eigenvalue weighted by atomic mass is 10.2. The number of aliphatic hydroxyl groups is 1. The maximum absolute atomic E-state index is 12.1. The van der Waals surface area contributed by atoms with Gasteiger partial charge in [-0.25, -0.2) is 4.79 Å². The molecule has 1 aromatic heterocycles. The fraction of sp³-hybridized carbons (Fsp3) is 0.474. The number of hydrogen-bond acceptors (Lipinski definition) is 5. The highest BCUT2D eigenvalue weighted by Crippen LogP contribution is 2.21. The largest absolute Gasteiger partial charge is 0.482 e. The highest BCUT2D eigenvalue weighted by Gasteiger charge is 2.37. The Hall–Kier alpha value is -2.54. The molecule has 7 heteroatoms. The van der Waals surface area contributed by atoms with Gasteiger partial charge in [-0.05, 0) is 26.3 Å². The fourth-order valence-electron chi connectivity index (χ4n) is 2.79. The molecule has 2 heterocycles. The number of β-amino-alcohol motifs (C(OH)–C–C–N with tert-alkyl or cyclic N) is 1. The molecule has 0 spiro atoms. The van der Waals surface area contributed by atoms with Gasteiger partial charge in [0.1, 0.15) is 17.8 Å². The van der Waals surface area contributed by atoms with Crippen molar-refractivity contribution in [1.29, 1.82) is 0 Å². The Labute approximate surface area is 153 Å². The first-order chi connectivity index (χ1) is 12.3. The van der Waals surface area contributed by atoms with Gasteiger partial charge in [0.15, 0.2) is 5.75 Å². The predicted octanol–water partition coefficient (Wildman–Crippen LogP) is 2.29. The molecule has 1 aliphatic rings. The van der Waals surface area contributed by atoms with E-state index in [9.17, 15) is 9.90 Å². The first-order valence-corrected chi connectivity index (χ1v) is 8.69. The Morgan fingerprint density at radius 3 is 2.69 bits per heavy atom. The van der Waals surface area contributed by atoms with Gasteiger partial charge in [0.25, 0.3) is 0 Å². The molecular weight excluding hydrogens is 334 g/mol. The minimum Gasteiger partial charge on any atom is -0.482 e. The number of rotatable bonds is 4. The molecule has 140 valence electrons. The van der Waals surface area contributed by atoms with Gasteiger partial charge in [-0.3, -0.25) is 4.68 Å². The van der Waals surface area contributed by atoms with Crippen LogP contribution in [0.15, 0.2) is 42.7 Å². The van der Waals surface area contributed by atoms with Crippen LogP contribution in [0.1, 0.15) is 26.3 Å². The Morgan fingerprint density at radius 1 is 1.27 bits per heavy atom. The summed E-state index contributed by atoms with van der Waals surface area (Å²) in [5, 5.41) is 14.5. The highest BCUT2D eigenvalue weighted by molar-refractivity contribution is 5.68. The summed E-state index contributed by atoms with van der Waals surface area (Å²) < 4.78 is 13.0. The van der Waals surface area contributed by atoms with Gasteiger partial charge < -0.3 is 19.5 Å². The van der Waals surface area contributed by atoms with Gasteiger partial charge in [0.2, 0.25) is 0 Å².